The summed E-state index contributed by atoms with van der Waals surface area (Å²) < 4.78 is 14.6. The third-order valence-corrected chi connectivity index (χ3v) is 3.46. The van der Waals surface area contributed by atoms with E-state index in [1.54, 1.807) is 0 Å². The Kier molecular flexibility index (Phi) is 3.26. The van der Waals surface area contributed by atoms with E-state index in [-0.39, 0.29) is 5.69 Å². The first-order valence-corrected chi connectivity index (χ1v) is 5.19. The first-order valence-electron chi connectivity index (χ1n) is 3.60. The summed E-state index contributed by atoms with van der Waals surface area (Å²) in [6.07, 6.45) is 0. The number of carbonyl (C=O) groups is 1. The standard InChI is InChI=1S/C8H6Br2FNO2/c1-8(11,7(13)14)5-3-2-4(9)6(10)12-5/h2-3H,1H3,(H,13,14). The first-order chi connectivity index (χ1) is 6.35. The second-order valence-corrected chi connectivity index (χ2v) is 4.38. The Balaban J connectivity index is 3.21. The molecule has 1 heterocycles. The molecule has 76 valence electrons. The van der Waals surface area contributed by atoms with Crippen LogP contribution in [0.2, 0.25) is 0 Å². The molecule has 6 heteroatoms. The lowest BCUT2D eigenvalue weighted by molar-refractivity contribution is -0.150. The van der Waals surface area contributed by atoms with Crippen molar-refractivity contribution in [3.8, 4) is 0 Å². The Morgan fingerprint density at radius 1 is 1.57 bits per heavy atom. The van der Waals surface area contributed by atoms with Gasteiger partial charge in [0.1, 0.15) is 4.60 Å². The fourth-order valence-corrected chi connectivity index (χ4v) is 1.33. The van der Waals surface area contributed by atoms with Crippen LogP contribution in [0.3, 0.4) is 0 Å². The molecule has 1 unspecified atom stereocenters. The zero-order valence-corrected chi connectivity index (χ0v) is 10.3. The van der Waals surface area contributed by atoms with E-state index in [4.69, 9.17) is 5.11 Å². The van der Waals surface area contributed by atoms with Crippen molar-refractivity contribution in [2.75, 3.05) is 0 Å². The van der Waals surface area contributed by atoms with Gasteiger partial charge in [-0.15, -0.1) is 0 Å². The molecule has 0 saturated carbocycles. The van der Waals surface area contributed by atoms with E-state index < -0.39 is 11.6 Å². The number of nitrogens with zero attached hydrogens (tertiary/aromatic N) is 1. The average molecular weight is 327 g/mol. The molecule has 0 amide bonds. The molecule has 1 aromatic heterocycles. The van der Waals surface area contributed by atoms with Gasteiger partial charge in [-0.05, 0) is 50.9 Å². The van der Waals surface area contributed by atoms with Crippen molar-refractivity contribution in [2.45, 2.75) is 12.6 Å². The van der Waals surface area contributed by atoms with Crippen molar-refractivity contribution in [3.63, 3.8) is 0 Å². The van der Waals surface area contributed by atoms with Gasteiger partial charge in [-0.1, -0.05) is 0 Å². The minimum Gasteiger partial charge on any atom is -0.479 e. The van der Waals surface area contributed by atoms with Crippen molar-refractivity contribution in [1.82, 2.24) is 4.98 Å². The van der Waals surface area contributed by atoms with E-state index in [1.807, 2.05) is 0 Å². The number of hydrogen-bond donors (Lipinski definition) is 1. The molecule has 0 aliphatic rings. The van der Waals surface area contributed by atoms with Gasteiger partial charge in [0.25, 0.3) is 0 Å². The highest BCUT2D eigenvalue weighted by Crippen LogP contribution is 2.28. The van der Waals surface area contributed by atoms with Crippen LogP contribution in [-0.2, 0) is 10.5 Å². The van der Waals surface area contributed by atoms with E-state index in [0.717, 1.165) is 6.92 Å². The number of aliphatic carboxylic acids is 1. The maximum absolute atomic E-state index is 13.6. The van der Waals surface area contributed by atoms with Crippen molar-refractivity contribution < 1.29 is 14.3 Å². The second kappa shape index (κ2) is 3.94. The third-order valence-electron chi connectivity index (χ3n) is 1.69. The van der Waals surface area contributed by atoms with E-state index in [2.05, 4.69) is 36.8 Å². The van der Waals surface area contributed by atoms with Crippen LogP contribution in [0.25, 0.3) is 0 Å². The molecule has 0 bridgehead atoms. The largest absolute Gasteiger partial charge is 0.479 e. The maximum Gasteiger partial charge on any atom is 0.347 e. The van der Waals surface area contributed by atoms with E-state index in [0.29, 0.717) is 9.08 Å². The number of carboxylic acid groups (broad SMARTS) is 1. The number of aromatic nitrogens is 1. The number of pyridine rings is 1. The summed E-state index contributed by atoms with van der Waals surface area (Å²) in [6, 6.07) is 2.86. The highest BCUT2D eigenvalue weighted by atomic mass is 79.9. The minimum absolute atomic E-state index is 0.139. The lowest BCUT2D eigenvalue weighted by Crippen LogP contribution is -2.28. The summed E-state index contributed by atoms with van der Waals surface area (Å²) in [4.78, 5) is 14.4. The van der Waals surface area contributed by atoms with Crippen LogP contribution in [0.15, 0.2) is 21.2 Å². The number of alkyl halides is 1. The molecular weight excluding hydrogens is 321 g/mol. The van der Waals surface area contributed by atoms with Crippen molar-refractivity contribution in [1.29, 1.82) is 0 Å². The van der Waals surface area contributed by atoms with Gasteiger partial charge in [-0.25, -0.2) is 14.2 Å². The highest BCUT2D eigenvalue weighted by molar-refractivity contribution is 9.13. The Morgan fingerprint density at radius 3 is 2.57 bits per heavy atom. The second-order valence-electron chi connectivity index (χ2n) is 2.78. The molecule has 0 radical (unpaired) electrons. The summed E-state index contributed by atoms with van der Waals surface area (Å²) in [6.45, 7) is 0.956. The van der Waals surface area contributed by atoms with Crippen molar-refractivity contribution >= 4 is 37.8 Å². The zero-order valence-electron chi connectivity index (χ0n) is 7.09. The topological polar surface area (TPSA) is 50.2 Å². The summed E-state index contributed by atoms with van der Waals surface area (Å²) in [7, 11) is 0. The molecule has 1 N–H and O–H groups in total. The van der Waals surface area contributed by atoms with Gasteiger partial charge >= 0.3 is 5.97 Å². The molecule has 3 nitrogen and oxygen atoms in total. The SMILES string of the molecule is CC(F)(C(=O)O)c1ccc(Br)c(Br)n1. The fraction of sp³-hybridized carbons (Fsp3) is 0.250. The van der Waals surface area contributed by atoms with Gasteiger partial charge in [0.2, 0.25) is 5.67 Å². The lowest BCUT2D eigenvalue weighted by Gasteiger charge is -2.14. The smallest absolute Gasteiger partial charge is 0.347 e. The minimum atomic E-state index is -2.47. The van der Waals surface area contributed by atoms with E-state index in [9.17, 15) is 9.18 Å². The van der Waals surface area contributed by atoms with Crippen LogP contribution in [0.1, 0.15) is 12.6 Å². The lowest BCUT2D eigenvalue weighted by atomic mass is 10.0. The van der Waals surface area contributed by atoms with E-state index >= 15 is 0 Å². The predicted molar refractivity (Wildman–Crippen MR) is 55.7 cm³/mol. The Bertz CT molecular complexity index is 382. The summed E-state index contributed by atoms with van der Waals surface area (Å²) in [5.41, 5.74) is -2.61. The fourth-order valence-electron chi connectivity index (χ4n) is 0.788. The molecular formula is C8H6Br2FNO2. The number of halogens is 3. The summed E-state index contributed by atoms with van der Waals surface area (Å²) in [5, 5.41) is 8.61. The van der Waals surface area contributed by atoms with Crippen LogP contribution in [0.5, 0.6) is 0 Å². The monoisotopic (exact) mass is 325 g/mol. The molecule has 1 rings (SSSR count). The van der Waals surface area contributed by atoms with Gasteiger partial charge in [0.05, 0.1) is 10.2 Å². The highest BCUT2D eigenvalue weighted by Gasteiger charge is 2.36. The maximum atomic E-state index is 13.6. The molecule has 0 aromatic carbocycles. The van der Waals surface area contributed by atoms with Crippen molar-refractivity contribution in [2.24, 2.45) is 0 Å². The summed E-state index contributed by atoms with van der Waals surface area (Å²) >= 11 is 6.22. The average Bonchev–Trinajstić information content (AvgIpc) is 2.09. The van der Waals surface area contributed by atoms with Gasteiger partial charge in [-0.2, -0.15) is 0 Å². The molecule has 0 aliphatic heterocycles. The molecule has 0 spiro atoms. The first kappa shape index (κ1) is 11.6. The predicted octanol–water partition coefficient (Wildman–Crippen LogP) is 2.88. The van der Waals surface area contributed by atoms with Crippen LogP contribution in [0.4, 0.5) is 4.39 Å². The molecule has 0 saturated heterocycles. The Morgan fingerprint density at radius 2 is 2.14 bits per heavy atom. The summed E-state index contributed by atoms with van der Waals surface area (Å²) in [5.74, 6) is -1.56. The van der Waals surface area contributed by atoms with Gasteiger partial charge in [0, 0.05) is 0 Å². The van der Waals surface area contributed by atoms with Crippen LogP contribution in [-0.4, -0.2) is 16.1 Å². The van der Waals surface area contributed by atoms with E-state index in [1.165, 1.54) is 12.1 Å². The quantitative estimate of drug-likeness (QED) is 0.850. The molecule has 0 fully saturated rings. The number of rotatable bonds is 2. The number of carboxylic acids is 1. The van der Waals surface area contributed by atoms with Crippen LogP contribution >= 0.6 is 31.9 Å². The molecule has 14 heavy (non-hydrogen) atoms. The molecule has 1 atom stereocenters. The molecule has 0 aliphatic carbocycles. The van der Waals surface area contributed by atoms with Crippen LogP contribution < -0.4 is 0 Å². The Hall–Kier alpha value is -0.490. The van der Waals surface area contributed by atoms with Gasteiger partial charge in [-0.3, -0.25) is 0 Å². The third kappa shape index (κ3) is 2.12. The normalized spacial score (nSPS) is 14.9. The number of hydrogen-bond acceptors (Lipinski definition) is 2. The van der Waals surface area contributed by atoms with Crippen LogP contribution in [0, 0.1) is 0 Å². The molecule has 1 aromatic rings. The zero-order chi connectivity index (χ0) is 10.9. The Labute approximate surface area is 96.6 Å². The van der Waals surface area contributed by atoms with Gasteiger partial charge in [0.15, 0.2) is 0 Å². The van der Waals surface area contributed by atoms with Crippen molar-refractivity contribution in [3.05, 3.63) is 26.9 Å². The van der Waals surface area contributed by atoms with Gasteiger partial charge < -0.3 is 5.11 Å².